The van der Waals surface area contributed by atoms with Crippen LogP contribution < -0.4 is 5.32 Å². The van der Waals surface area contributed by atoms with E-state index >= 15 is 0 Å². The second-order valence-corrected chi connectivity index (χ2v) is 5.75. The summed E-state index contributed by atoms with van der Waals surface area (Å²) < 4.78 is 4.53. The van der Waals surface area contributed by atoms with Crippen LogP contribution >= 0.6 is 0 Å². The van der Waals surface area contributed by atoms with Crippen molar-refractivity contribution in [3.63, 3.8) is 0 Å². The highest BCUT2D eigenvalue weighted by atomic mass is 16.5. The van der Waals surface area contributed by atoms with Crippen LogP contribution in [0.1, 0.15) is 41.0 Å². The molecule has 0 rings (SSSR count). The summed E-state index contributed by atoms with van der Waals surface area (Å²) in [6.45, 7) is 11.5. The Morgan fingerprint density at radius 2 is 1.71 bits per heavy atom. The van der Waals surface area contributed by atoms with Crippen molar-refractivity contribution in [2.45, 2.75) is 41.0 Å². The van der Waals surface area contributed by atoms with E-state index in [0.29, 0.717) is 6.54 Å². The van der Waals surface area contributed by atoms with E-state index < -0.39 is 0 Å². The van der Waals surface area contributed by atoms with E-state index in [4.69, 9.17) is 0 Å². The normalized spacial score (nSPS) is 12.4. The van der Waals surface area contributed by atoms with Gasteiger partial charge in [0.1, 0.15) is 0 Å². The maximum Gasteiger partial charge on any atom is 0.406 e. The number of rotatable bonds is 3. The Hall–Kier alpha value is -0.730. The number of hydrogen-bond donors (Lipinski definition) is 1. The molecule has 84 valence electrons. The molecule has 3 heteroatoms. The van der Waals surface area contributed by atoms with Gasteiger partial charge in [-0.2, -0.15) is 0 Å². The van der Waals surface area contributed by atoms with Crippen molar-refractivity contribution in [1.82, 2.24) is 5.32 Å². The largest absolute Gasteiger partial charge is 0.453 e. The maximum atomic E-state index is 10.9. The Kier molecular flexibility index (Phi) is 4.43. The molecule has 0 bridgehead atoms. The molecule has 0 saturated carbocycles. The standard InChI is InChI=1S/C11H23NO2/c1-10(2,3)7-11(4,5)8-12-9(13)14-6/h7-8H2,1-6H3,(H,12,13). The molecular weight excluding hydrogens is 178 g/mol. The average molecular weight is 201 g/mol. The molecule has 0 spiro atoms. The van der Waals surface area contributed by atoms with E-state index in [2.05, 4.69) is 44.7 Å². The molecule has 3 nitrogen and oxygen atoms in total. The van der Waals surface area contributed by atoms with Gasteiger partial charge in [0.25, 0.3) is 0 Å². The van der Waals surface area contributed by atoms with Crippen LogP contribution in [0.4, 0.5) is 4.79 Å². The molecule has 0 fully saturated rings. The molecule has 14 heavy (non-hydrogen) atoms. The monoisotopic (exact) mass is 201 g/mol. The van der Waals surface area contributed by atoms with Crippen LogP contribution in [-0.4, -0.2) is 19.7 Å². The van der Waals surface area contributed by atoms with Crippen LogP contribution in [0.3, 0.4) is 0 Å². The van der Waals surface area contributed by atoms with E-state index in [1.165, 1.54) is 7.11 Å². The van der Waals surface area contributed by atoms with Crippen molar-refractivity contribution in [2.75, 3.05) is 13.7 Å². The van der Waals surface area contributed by atoms with E-state index in [1.807, 2.05) is 0 Å². The van der Waals surface area contributed by atoms with Crippen LogP contribution in [0.5, 0.6) is 0 Å². The van der Waals surface area contributed by atoms with Gasteiger partial charge in [0.05, 0.1) is 7.11 Å². The number of alkyl carbamates (subject to hydrolysis) is 1. The lowest BCUT2D eigenvalue weighted by atomic mass is 9.76. The summed E-state index contributed by atoms with van der Waals surface area (Å²) in [5, 5.41) is 2.73. The Labute approximate surface area is 87.2 Å². The van der Waals surface area contributed by atoms with Crippen molar-refractivity contribution in [2.24, 2.45) is 10.8 Å². The fraction of sp³-hybridized carbons (Fsp3) is 0.909. The fourth-order valence-corrected chi connectivity index (χ4v) is 1.88. The van der Waals surface area contributed by atoms with Gasteiger partial charge in [-0.25, -0.2) is 4.79 Å². The van der Waals surface area contributed by atoms with Crippen LogP contribution in [0.2, 0.25) is 0 Å². The zero-order chi connectivity index (χ0) is 11.4. The maximum absolute atomic E-state index is 10.9. The molecule has 0 saturated heterocycles. The predicted molar refractivity (Wildman–Crippen MR) is 58.3 cm³/mol. The first kappa shape index (κ1) is 13.3. The highest BCUT2D eigenvalue weighted by Gasteiger charge is 2.25. The Balaban J connectivity index is 4.01. The minimum atomic E-state index is -0.355. The summed E-state index contributed by atoms with van der Waals surface area (Å²) in [5.74, 6) is 0. The first-order chi connectivity index (χ1) is 6.16. The third-order valence-electron chi connectivity index (χ3n) is 1.91. The zero-order valence-electron chi connectivity index (χ0n) is 10.2. The quantitative estimate of drug-likeness (QED) is 0.762. The molecule has 0 aromatic heterocycles. The number of methoxy groups -OCH3 is 1. The van der Waals surface area contributed by atoms with Crippen molar-refractivity contribution in [3.8, 4) is 0 Å². The lowest BCUT2D eigenvalue weighted by Crippen LogP contribution is -2.36. The molecule has 0 aliphatic heterocycles. The highest BCUT2D eigenvalue weighted by molar-refractivity contribution is 5.66. The number of hydrogen-bond acceptors (Lipinski definition) is 2. The molecule has 0 aromatic carbocycles. The molecule has 1 N–H and O–H groups in total. The zero-order valence-corrected chi connectivity index (χ0v) is 10.2. The average Bonchev–Trinajstić information content (AvgIpc) is 1.96. The van der Waals surface area contributed by atoms with Gasteiger partial charge in [0.15, 0.2) is 0 Å². The third-order valence-corrected chi connectivity index (χ3v) is 1.91. The van der Waals surface area contributed by atoms with Crippen molar-refractivity contribution in [1.29, 1.82) is 0 Å². The van der Waals surface area contributed by atoms with Crippen molar-refractivity contribution < 1.29 is 9.53 Å². The minimum absolute atomic E-state index is 0.104. The van der Waals surface area contributed by atoms with Crippen molar-refractivity contribution >= 4 is 6.09 Å². The van der Waals surface area contributed by atoms with Gasteiger partial charge in [0.2, 0.25) is 0 Å². The summed E-state index contributed by atoms with van der Waals surface area (Å²) in [5.41, 5.74) is 0.383. The first-order valence-electron chi connectivity index (χ1n) is 4.98. The number of amides is 1. The number of carbonyl (C=O) groups excluding carboxylic acids is 1. The molecule has 0 aliphatic rings. The van der Waals surface area contributed by atoms with Gasteiger partial charge in [-0.1, -0.05) is 34.6 Å². The van der Waals surface area contributed by atoms with E-state index in [-0.39, 0.29) is 16.9 Å². The summed E-state index contributed by atoms with van der Waals surface area (Å²) in [4.78, 5) is 10.9. The molecule has 0 unspecified atom stereocenters. The summed E-state index contributed by atoms with van der Waals surface area (Å²) in [7, 11) is 1.38. The van der Waals surface area contributed by atoms with Crippen LogP contribution in [0.15, 0.2) is 0 Å². The Morgan fingerprint density at radius 1 is 1.21 bits per heavy atom. The summed E-state index contributed by atoms with van der Waals surface area (Å²) >= 11 is 0. The molecule has 0 radical (unpaired) electrons. The SMILES string of the molecule is COC(=O)NCC(C)(C)CC(C)(C)C. The van der Waals surface area contributed by atoms with Crippen LogP contribution in [0.25, 0.3) is 0 Å². The topological polar surface area (TPSA) is 38.3 Å². The van der Waals surface area contributed by atoms with E-state index in [1.54, 1.807) is 0 Å². The Morgan fingerprint density at radius 3 is 2.07 bits per heavy atom. The van der Waals surface area contributed by atoms with Gasteiger partial charge in [0, 0.05) is 6.54 Å². The van der Waals surface area contributed by atoms with Gasteiger partial charge in [-0.15, -0.1) is 0 Å². The molecular formula is C11H23NO2. The second-order valence-electron chi connectivity index (χ2n) is 5.75. The first-order valence-corrected chi connectivity index (χ1v) is 4.98. The number of carbonyl (C=O) groups is 1. The molecule has 0 aromatic rings. The van der Waals surface area contributed by atoms with Crippen LogP contribution in [0, 0.1) is 10.8 Å². The molecule has 0 aliphatic carbocycles. The van der Waals surface area contributed by atoms with Gasteiger partial charge < -0.3 is 10.1 Å². The van der Waals surface area contributed by atoms with Gasteiger partial charge in [-0.05, 0) is 17.3 Å². The summed E-state index contributed by atoms with van der Waals surface area (Å²) in [6, 6.07) is 0. The fourth-order valence-electron chi connectivity index (χ4n) is 1.88. The molecule has 0 atom stereocenters. The molecule has 1 amide bonds. The van der Waals surface area contributed by atoms with E-state index in [9.17, 15) is 4.79 Å². The van der Waals surface area contributed by atoms with Crippen molar-refractivity contribution in [3.05, 3.63) is 0 Å². The summed E-state index contributed by atoms with van der Waals surface area (Å²) in [6.07, 6.45) is 0.705. The lowest BCUT2D eigenvalue weighted by Gasteiger charge is -2.32. The third kappa shape index (κ3) is 6.75. The molecule has 0 heterocycles. The van der Waals surface area contributed by atoms with Gasteiger partial charge in [-0.3, -0.25) is 0 Å². The van der Waals surface area contributed by atoms with E-state index in [0.717, 1.165) is 6.42 Å². The number of nitrogens with one attached hydrogen (secondary N) is 1. The van der Waals surface area contributed by atoms with Crippen LogP contribution in [-0.2, 0) is 4.74 Å². The smallest absolute Gasteiger partial charge is 0.406 e. The second kappa shape index (κ2) is 4.67. The lowest BCUT2D eigenvalue weighted by molar-refractivity contribution is 0.156. The Bertz CT molecular complexity index is 192. The minimum Gasteiger partial charge on any atom is -0.453 e. The highest BCUT2D eigenvalue weighted by Crippen LogP contribution is 2.32. The van der Waals surface area contributed by atoms with Gasteiger partial charge >= 0.3 is 6.09 Å². The predicted octanol–water partition coefficient (Wildman–Crippen LogP) is 2.80. The number of ether oxygens (including phenoxy) is 1.